The number of nitrogens with two attached hydrogens (primary N) is 1. The lowest BCUT2D eigenvalue weighted by molar-refractivity contribution is 0.0187. The predicted octanol–water partition coefficient (Wildman–Crippen LogP) is 3.24. The van der Waals surface area contributed by atoms with Crippen molar-refractivity contribution in [1.82, 2.24) is 14.9 Å². The lowest BCUT2D eigenvalue weighted by atomic mass is 10.2. The number of nitrogens with zero attached hydrogens (tertiary/aromatic N) is 3. The Labute approximate surface area is 171 Å². The number of anilines is 1. The van der Waals surface area contributed by atoms with E-state index in [-0.39, 0.29) is 12.1 Å². The zero-order valence-corrected chi connectivity index (χ0v) is 17.0. The number of aromatic nitrogens is 2. The summed E-state index contributed by atoms with van der Waals surface area (Å²) < 4.78 is 11.5. The Hall–Kier alpha value is -3.27. The first-order valence-electron chi connectivity index (χ1n) is 9.62. The smallest absolute Gasteiger partial charge is 0.410 e. The largest absolute Gasteiger partial charge is 0.489 e. The Kier molecular flexibility index (Phi) is 6.23. The molecule has 3 rings (SSSR count). The maximum atomic E-state index is 12.4. The van der Waals surface area contributed by atoms with Crippen LogP contribution in [0.5, 0.6) is 5.75 Å². The molecule has 2 aromatic heterocycles. The van der Waals surface area contributed by atoms with Crippen LogP contribution in [0, 0.1) is 11.8 Å². The van der Waals surface area contributed by atoms with E-state index in [2.05, 4.69) is 21.8 Å². The fraction of sp³-hybridized carbons (Fsp3) is 0.409. The Morgan fingerprint density at radius 2 is 2.14 bits per heavy atom. The molecular formula is C22H26N4O3. The highest BCUT2D eigenvalue weighted by atomic mass is 16.6. The van der Waals surface area contributed by atoms with Gasteiger partial charge in [-0.15, -0.1) is 0 Å². The van der Waals surface area contributed by atoms with Crippen molar-refractivity contribution in [3.8, 4) is 17.6 Å². The van der Waals surface area contributed by atoms with Gasteiger partial charge in [-0.3, -0.25) is 4.98 Å². The number of amides is 1. The summed E-state index contributed by atoms with van der Waals surface area (Å²) in [5, 5.41) is 0. The summed E-state index contributed by atoms with van der Waals surface area (Å²) in [7, 11) is 0. The molecule has 1 fully saturated rings. The second kappa shape index (κ2) is 8.82. The summed E-state index contributed by atoms with van der Waals surface area (Å²) in [5.74, 6) is 6.58. The van der Waals surface area contributed by atoms with E-state index < -0.39 is 5.60 Å². The highest BCUT2D eigenvalue weighted by molar-refractivity contribution is 5.69. The fourth-order valence-corrected chi connectivity index (χ4v) is 3.00. The van der Waals surface area contributed by atoms with Crippen LogP contribution in [-0.2, 0) is 4.74 Å². The van der Waals surface area contributed by atoms with Gasteiger partial charge >= 0.3 is 6.09 Å². The third kappa shape index (κ3) is 5.61. The van der Waals surface area contributed by atoms with Gasteiger partial charge in [0, 0.05) is 18.9 Å². The molecular weight excluding hydrogens is 368 g/mol. The minimum Gasteiger partial charge on any atom is -0.489 e. The molecule has 2 aromatic rings. The molecule has 1 atom stereocenters. The van der Waals surface area contributed by atoms with E-state index in [4.69, 9.17) is 15.2 Å². The Balaban J connectivity index is 1.69. The van der Waals surface area contributed by atoms with Crippen molar-refractivity contribution < 1.29 is 14.3 Å². The van der Waals surface area contributed by atoms with E-state index >= 15 is 0 Å². The molecule has 0 radical (unpaired) electrons. The average molecular weight is 394 g/mol. The van der Waals surface area contributed by atoms with E-state index in [1.54, 1.807) is 41.7 Å². The number of ether oxygens (including phenoxy) is 2. The second-order valence-corrected chi connectivity index (χ2v) is 7.84. The first kappa shape index (κ1) is 20.5. The topological polar surface area (TPSA) is 90.6 Å². The summed E-state index contributed by atoms with van der Waals surface area (Å²) in [6.45, 7) is 6.61. The monoisotopic (exact) mass is 394 g/mol. The van der Waals surface area contributed by atoms with E-state index in [0.717, 1.165) is 12.8 Å². The standard InChI is InChI=1S/C22H26N4O3/c1-22(2,3)29-21(27)26-13-5-6-17(26)15-28-20-14-24-12-10-16(20)8-9-19-18(23)7-4-11-25-19/h4,7,10-12,14,17H,5-6,13,15,23H2,1-3H3/t17-/m0/s1. The molecule has 29 heavy (non-hydrogen) atoms. The van der Waals surface area contributed by atoms with Crippen molar-refractivity contribution in [1.29, 1.82) is 0 Å². The van der Waals surface area contributed by atoms with Crippen LogP contribution in [-0.4, -0.2) is 45.8 Å². The van der Waals surface area contributed by atoms with Gasteiger partial charge in [0.05, 0.1) is 23.5 Å². The third-order valence-electron chi connectivity index (χ3n) is 4.38. The van der Waals surface area contributed by atoms with Gasteiger partial charge in [-0.25, -0.2) is 9.78 Å². The minimum absolute atomic E-state index is 0.0442. The van der Waals surface area contributed by atoms with E-state index in [1.165, 1.54) is 0 Å². The summed E-state index contributed by atoms with van der Waals surface area (Å²) >= 11 is 0. The van der Waals surface area contributed by atoms with Gasteiger partial charge in [-0.05, 0) is 57.7 Å². The first-order valence-corrected chi connectivity index (χ1v) is 9.62. The number of hydrogen-bond acceptors (Lipinski definition) is 6. The molecule has 1 aliphatic rings. The van der Waals surface area contributed by atoms with Crippen LogP contribution in [0.4, 0.5) is 10.5 Å². The van der Waals surface area contributed by atoms with Gasteiger partial charge in [0.15, 0.2) is 5.75 Å². The SMILES string of the molecule is CC(C)(C)OC(=O)N1CCC[C@H]1COc1cnccc1C#Cc1ncccc1N. The van der Waals surface area contributed by atoms with Crippen molar-refractivity contribution >= 4 is 11.8 Å². The van der Waals surface area contributed by atoms with Crippen molar-refractivity contribution in [2.24, 2.45) is 0 Å². The Morgan fingerprint density at radius 1 is 1.31 bits per heavy atom. The molecule has 152 valence electrons. The number of nitrogen functional groups attached to an aromatic ring is 1. The highest BCUT2D eigenvalue weighted by Gasteiger charge is 2.32. The van der Waals surface area contributed by atoms with Crippen LogP contribution < -0.4 is 10.5 Å². The lowest BCUT2D eigenvalue weighted by Gasteiger charge is -2.28. The van der Waals surface area contributed by atoms with Gasteiger partial charge in [0.1, 0.15) is 17.9 Å². The third-order valence-corrected chi connectivity index (χ3v) is 4.38. The molecule has 0 aromatic carbocycles. The van der Waals surface area contributed by atoms with Gasteiger partial charge in [0.2, 0.25) is 0 Å². The van der Waals surface area contributed by atoms with E-state index in [1.807, 2.05) is 20.8 Å². The van der Waals surface area contributed by atoms with Crippen molar-refractivity contribution in [3.05, 3.63) is 48.0 Å². The van der Waals surface area contributed by atoms with Gasteiger partial charge in [-0.2, -0.15) is 0 Å². The Bertz CT molecular complexity index is 927. The summed E-state index contributed by atoms with van der Waals surface area (Å²) in [4.78, 5) is 22.5. The molecule has 0 spiro atoms. The lowest BCUT2D eigenvalue weighted by Crippen LogP contribution is -2.42. The fourth-order valence-electron chi connectivity index (χ4n) is 3.00. The number of carbonyl (C=O) groups excluding carboxylic acids is 1. The molecule has 1 aliphatic heterocycles. The summed E-state index contributed by atoms with van der Waals surface area (Å²) in [5.41, 5.74) is 7.10. The molecule has 1 amide bonds. The summed E-state index contributed by atoms with van der Waals surface area (Å²) in [6, 6.07) is 5.26. The van der Waals surface area contributed by atoms with Crippen molar-refractivity contribution in [3.63, 3.8) is 0 Å². The molecule has 7 nitrogen and oxygen atoms in total. The van der Waals surface area contributed by atoms with Crippen LogP contribution in [0.25, 0.3) is 0 Å². The summed E-state index contributed by atoms with van der Waals surface area (Å²) in [6.07, 6.45) is 6.41. The molecule has 0 unspecified atom stereocenters. The van der Waals surface area contributed by atoms with Crippen LogP contribution >= 0.6 is 0 Å². The molecule has 0 aliphatic carbocycles. The zero-order valence-electron chi connectivity index (χ0n) is 17.0. The number of likely N-dealkylation sites (tertiary alicyclic amines) is 1. The van der Waals surface area contributed by atoms with Gasteiger partial charge < -0.3 is 20.1 Å². The van der Waals surface area contributed by atoms with Crippen LogP contribution in [0.3, 0.4) is 0 Å². The van der Waals surface area contributed by atoms with E-state index in [9.17, 15) is 4.79 Å². The molecule has 0 bridgehead atoms. The molecule has 1 saturated heterocycles. The number of rotatable bonds is 3. The van der Waals surface area contributed by atoms with Gasteiger partial charge in [0.25, 0.3) is 0 Å². The maximum absolute atomic E-state index is 12.4. The first-order chi connectivity index (χ1) is 13.8. The average Bonchev–Trinajstić information content (AvgIpc) is 3.14. The van der Waals surface area contributed by atoms with Crippen molar-refractivity contribution in [2.75, 3.05) is 18.9 Å². The molecule has 2 N–H and O–H groups in total. The highest BCUT2D eigenvalue weighted by Crippen LogP contribution is 2.23. The van der Waals surface area contributed by atoms with Crippen molar-refractivity contribution in [2.45, 2.75) is 45.3 Å². The Morgan fingerprint density at radius 3 is 2.90 bits per heavy atom. The number of carbonyl (C=O) groups is 1. The van der Waals surface area contributed by atoms with Crippen LogP contribution in [0.2, 0.25) is 0 Å². The van der Waals surface area contributed by atoms with Gasteiger partial charge in [-0.1, -0.05) is 5.92 Å². The molecule has 0 saturated carbocycles. The normalized spacial score (nSPS) is 16.1. The molecule has 7 heteroatoms. The number of pyridine rings is 2. The molecule has 3 heterocycles. The maximum Gasteiger partial charge on any atom is 0.410 e. The van der Waals surface area contributed by atoms with Crippen LogP contribution in [0.15, 0.2) is 36.8 Å². The predicted molar refractivity (Wildman–Crippen MR) is 110 cm³/mol. The second-order valence-electron chi connectivity index (χ2n) is 7.84. The zero-order chi connectivity index (χ0) is 20.9. The van der Waals surface area contributed by atoms with E-state index in [0.29, 0.717) is 35.8 Å². The van der Waals surface area contributed by atoms with Crippen LogP contribution in [0.1, 0.15) is 44.9 Å². The number of hydrogen-bond donors (Lipinski definition) is 1. The quantitative estimate of drug-likeness (QED) is 0.804. The minimum atomic E-state index is -0.523.